The first-order chi connectivity index (χ1) is 12.5. The van der Waals surface area contributed by atoms with E-state index in [2.05, 4.69) is 15.5 Å². The van der Waals surface area contributed by atoms with E-state index in [-0.39, 0.29) is 18.7 Å². The first-order valence-corrected chi connectivity index (χ1v) is 8.87. The number of aliphatic carboxylic acids is 1. The molecule has 26 heavy (non-hydrogen) atoms. The molecule has 0 aliphatic heterocycles. The van der Waals surface area contributed by atoms with Crippen molar-refractivity contribution in [2.45, 2.75) is 58.4 Å². The zero-order chi connectivity index (χ0) is 18.9. The Kier molecular flexibility index (Phi) is 7.32. The number of rotatable bonds is 10. The van der Waals surface area contributed by atoms with E-state index in [1.165, 1.54) is 0 Å². The quantitative estimate of drug-likeness (QED) is 0.675. The van der Waals surface area contributed by atoms with E-state index in [0.717, 1.165) is 24.0 Å². The Labute approximate surface area is 152 Å². The van der Waals surface area contributed by atoms with Crippen LogP contribution in [-0.4, -0.2) is 27.1 Å². The molecular weight excluding hydrogens is 334 g/mol. The number of benzene rings is 1. The van der Waals surface area contributed by atoms with Crippen molar-refractivity contribution >= 4 is 11.9 Å². The fourth-order valence-electron chi connectivity index (χ4n) is 2.77. The number of carbonyl (C=O) groups excluding carboxylic acids is 1. The standard InChI is InChI=1S/C19H25N3O4/c1-3-7-16-21-18(26-22-16)11-6-10-17(23)20-15(12-19(24)25)14-9-5-4-8-13(14)2/h4-5,8-9,15H,3,6-7,10-12H2,1-2H3,(H,20,23)(H,24,25). The maximum atomic E-state index is 12.2. The Morgan fingerprint density at radius 1 is 1.27 bits per heavy atom. The summed E-state index contributed by atoms with van der Waals surface area (Å²) in [7, 11) is 0. The van der Waals surface area contributed by atoms with Crippen LogP contribution in [-0.2, 0) is 22.4 Å². The third-order valence-electron chi connectivity index (χ3n) is 4.06. The van der Waals surface area contributed by atoms with Gasteiger partial charge in [-0.05, 0) is 30.9 Å². The van der Waals surface area contributed by atoms with Crippen molar-refractivity contribution < 1.29 is 19.2 Å². The van der Waals surface area contributed by atoms with Crippen molar-refractivity contribution in [3.05, 3.63) is 47.1 Å². The van der Waals surface area contributed by atoms with Crippen LogP contribution in [0.4, 0.5) is 0 Å². The topological polar surface area (TPSA) is 105 Å². The predicted octanol–water partition coefficient (Wildman–Crippen LogP) is 2.99. The van der Waals surface area contributed by atoms with Gasteiger partial charge in [0.15, 0.2) is 5.82 Å². The van der Waals surface area contributed by atoms with E-state index in [9.17, 15) is 9.59 Å². The van der Waals surface area contributed by atoms with Crippen LogP contribution < -0.4 is 5.32 Å². The Morgan fingerprint density at radius 2 is 2.04 bits per heavy atom. The first kappa shape index (κ1) is 19.6. The summed E-state index contributed by atoms with van der Waals surface area (Å²) in [6, 6.07) is 6.93. The number of amides is 1. The van der Waals surface area contributed by atoms with Crippen molar-refractivity contribution in [1.82, 2.24) is 15.5 Å². The third-order valence-corrected chi connectivity index (χ3v) is 4.06. The van der Waals surface area contributed by atoms with Crippen LogP contribution in [0.15, 0.2) is 28.8 Å². The predicted molar refractivity (Wildman–Crippen MR) is 95.5 cm³/mol. The van der Waals surface area contributed by atoms with Gasteiger partial charge >= 0.3 is 5.97 Å². The molecule has 0 spiro atoms. The summed E-state index contributed by atoms with van der Waals surface area (Å²) in [6.45, 7) is 3.95. The summed E-state index contributed by atoms with van der Waals surface area (Å²) in [5.41, 5.74) is 1.78. The lowest BCUT2D eigenvalue weighted by molar-refractivity contribution is -0.137. The second kappa shape index (κ2) is 9.70. The summed E-state index contributed by atoms with van der Waals surface area (Å²) >= 11 is 0. The van der Waals surface area contributed by atoms with E-state index < -0.39 is 12.0 Å². The number of hydrogen-bond donors (Lipinski definition) is 2. The number of carbonyl (C=O) groups is 2. The molecule has 2 rings (SSSR count). The molecule has 1 aromatic heterocycles. The van der Waals surface area contributed by atoms with E-state index in [1.54, 1.807) is 0 Å². The zero-order valence-electron chi connectivity index (χ0n) is 15.2. The largest absolute Gasteiger partial charge is 0.481 e. The normalized spacial score (nSPS) is 11.9. The SMILES string of the molecule is CCCc1noc(CCCC(=O)NC(CC(=O)O)c2ccccc2C)n1. The van der Waals surface area contributed by atoms with Crippen LogP contribution in [0.5, 0.6) is 0 Å². The molecule has 140 valence electrons. The number of nitrogens with one attached hydrogen (secondary N) is 1. The van der Waals surface area contributed by atoms with Crippen molar-refractivity contribution in [2.75, 3.05) is 0 Å². The van der Waals surface area contributed by atoms with Gasteiger partial charge in [-0.25, -0.2) is 0 Å². The molecule has 2 N–H and O–H groups in total. The third kappa shape index (κ3) is 5.98. The van der Waals surface area contributed by atoms with Gasteiger partial charge in [-0.15, -0.1) is 0 Å². The van der Waals surface area contributed by atoms with E-state index in [1.807, 2.05) is 38.1 Å². The van der Waals surface area contributed by atoms with Crippen LogP contribution in [0.25, 0.3) is 0 Å². The maximum absolute atomic E-state index is 12.2. The summed E-state index contributed by atoms with van der Waals surface area (Å²) in [5, 5.41) is 15.9. The van der Waals surface area contributed by atoms with Crippen molar-refractivity contribution in [3.8, 4) is 0 Å². The molecule has 0 aliphatic rings. The summed E-state index contributed by atoms with van der Waals surface area (Å²) < 4.78 is 5.15. The fourth-order valence-corrected chi connectivity index (χ4v) is 2.77. The van der Waals surface area contributed by atoms with Crippen LogP contribution >= 0.6 is 0 Å². The molecule has 0 saturated heterocycles. The van der Waals surface area contributed by atoms with Crippen molar-refractivity contribution in [3.63, 3.8) is 0 Å². The highest BCUT2D eigenvalue weighted by Gasteiger charge is 2.19. The van der Waals surface area contributed by atoms with E-state index in [4.69, 9.17) is 9.63 Å². The highest BCUT2D eigenvalue weighted by Crippen LogP contribution is 2.21. The molecule has 1 unspecified atom stereocenters. The molecular formula is C19H25N3O4. The van der Waals surface area contributed by atoms with Gasteiger partial charge in [-0.3, -0.25) is 9.59 Å². The van der Waals surface area contributed by atoms with Gasteiger partial charge in [0.25, 0.3) is 0 Å². The Bertz CT molecular complexity index is 742. The second-order valence-corrected chi connectivity index (χ2v) is 6.28. The number of nitrogens with zero attached hydrogens (tertiary/aromatic N) is 2. The second-order valence-electron chi connectivity index (χ2n) is 6.28. The molecule has 1 heterocycles. The average Bonchev–Trinajstić information content (AvgIpc) is 3.02. The zero-order valence-corrected chi connectivity index (χ0v) is 15.2. The van der Waals surface area contributed by atoms with Gasteiger partial charge in [-0.1, -0.05) is 36.3 Å². The Hall–Kier alpha value is -2.70. The highest BCUT2D eigenvalue weighted by atomic mass is 16.5. The molecule has 0 fully saturated rings. The fraction of sp³-hybridized carbons (Fsp3) is 0.474. The number of carboxylic acid groups (broad SMARTS) is 1. The summed E-state index contributed by atoms with van der Waals surface area (Å²) in [6.07, 6.45) is 2.93. The van der Waals surface area contributed by atoms with Crippen LogP contribution in [0.1, 0.15) is 61.5 Å². The van der Waals surface area contributed by atoms with Gasteiger partial charge in [-0.2, -0.15) is 4.98 Å². The molecule has 1 aromatic carbocycles. The van der Waals surface area contributed by atoms with Gasteiger partial charge in [0.1, 0.15) is 0 Å². The lowest BCUT2D eigenvalue weighted by atomic mass is 9.98. The van der Waals surface area contributed by atoms with Gasteiger partial charge < -0.3 is 14.9 Å². The van der Waals surface area contributed by atoms with E-state index >= 15 is 0 Å². The molecule has 0 bridgehead atoms. The lowest BCUT2D eigenvalue weighted by Gasteiger charge is -2.19. The number of carboxylic acids is 1. The first-order valence-electron chi connectivity index (χ1n) is 8.87. The van der Waals surface area contributed by atoms with Crippen LogP contribution in [0.2, 0.25) is 0 Å². The van der Waals surface area contributed by atoms with Crippen LogP contribution in [0, 0.1) is 6.92 Å². The smallest absolute Gasteiger partial charge is 0.305 e. The lowest BCUT2D eigenvalue weighted by Crippen LogP contribution is -2.30. The molecule has 1 atom stereocenters. The Balaban J connectivity index is 1.88. The van der Waals surface area contributed by atoms with Gasteiger partial charge in [0.2, 0.25) is 11.8 Å². The molecule has 0 radical (unpaired) electrons. The molecule has 1 amide bonds. The molecule has 7 heteroatoms. The monoisotopic (exact) mass is 359 g/mol. The number of aryl methyl sites for hydroxylation is 3. The van der Waals surface area contributed by atoms with Gasteiger partial charge in [0.05, 0.1) is 12.5 Å². The minimum absolute atomic E-state index is 0.152. The number of hydrogen-bond acceptors (Lipinski definition) is 5. The highest BCUT2D eigenvalue weighted by molar-refractivity contribution is 5.77. The average molecular weight is 359 g/mol. The molecule has 0 aliphatic carbocycles. The van der Waals surface area contributed by atoms with Crippen molar-refractivity contribution in [2.24, 2.45) is 0 Å². The number of aromatic nitrogens is 2. The van der Waals surface area contributed by atoms with Crippen LogP contribution in [0.3, 0.4) is 0 Å². The summed E-state index contributed by atoms with van der Waals surface area (Å²) in [4.78, 5) is 27.7. The van der Waals surface area contributed by atoms with Crippen molar-refractivity contribution in [1.29, 1.82) is 0 Å². The minimum atomic E-state index is -0.951. The summed E-state index contributed by atoms with van der Waals surface area (Å²) in [5.74, 6) is 0.0796. The van der Waals surface area contributed by atoms with Gasteiger partial charge in [0, 0.05) is 19.3 Å². The maximum Gasteiger partial charge on any atom is 0.305 e. The molecule has 2 aromatic rings. The minimum Gasteiger partial charge on any atom is -0.481 e. The van der Waals surface area contributed by atoms with E-state index in [0.29, 0.717) is 24.6 Å². The molecule has 0 saturated carbocycles. The molecule has 7 nitrogen and oxygen atoms in total. The Morgan fingerprint density at radius 3 is 2.73 bits per heavy atom.